The van der Waals surface area contributed by atoms with E-state index in [1.54, 1.807) is 18.2 Å². The lowest BCUT2D eigenvalue weighted by molar-refractivity contribution is -0.606. The average Bonchev–Trinajstić information content (AvgIpc) is 3.33. The molecule has 1 aromatic carbocycles. The number of benzene rings is 1. The van der Waals surface area contributed by atoms with Crippen molar-refractivity contribution in [2.75, 3.05) is 5.32 Å². The number of nitrogens with one attached hydrogen (secondary N) is 1. The number of fused-ring (bicyclic) bond motifs is 2. The topological polar surface area (TPSA) is 120 Å². The van der Waals surface area contributed by atoms with E-state index in [4.69, 9.17) is 4.74 Å². The molecule has 2 N–H and O–H groups in total. The number of para-hydroxylation sites is 1. The quantitative estimate of drug-likeness (QED) is 0.366. The summed E-state index contributed by atoms with van der Waals surface area (Å²) in [6.45, 7) is 0. The summed E-state index contributed by atoms with van der Waals surface area (Å²) in [6, 6.07) is 9.00. The number of anilines is 1. The molecule has 2 aliphatic rings. The molecule has 0 radical (unpaired) electrons. The summed E-state index contributed by atoms with van der Waals surface area (Å²) >= 11 is 0. The smallest absolute Gasteiger partial charge is 0.339 e. The van der Waals surface area contributed by atoms with Crippen molar-refractivity contribution in [3.63, 3.8) is 0 Å². The van der Waals surface area contributed by atoms with Crippen molar-refractivity contribution >= 4 is 17.7 Å². The molecule has 0 unspecified atom stereocenters. The van der Waals surface area contributed by atoms with Crippen LogP contribution in [0, 0.1) is 11.0 Å². The number of pyridine rings is 1. The summed E-state index contributed by atoms with van der Waals surface area (Å²) in [6.07, 6.45) is 4.45. The maximum atomic E-state index is 14.0. The van der Waals surface area contributed by atoms with Gasteiger partial charge in [-0.1, -0.05) is 12.1 Å². The minimum Gasteiger partial charge on any atom is -0.619 e. The summed E-state index contributed by atoms with van der Waals surface area (Å²) in [4.78, 5) is 25.0. The number of hydrogen-bond donors (Lipinski definition) is 2. The summed E-state index contributed by atoms with van der Waals surface area (Å²) in [5, 5.41) is 29.4. The third-order valence-corrected chi connectivity index (χ3v) is 6.17. The molecule has 3 heterocycles. The number of rotatable bonds is 3. The van der Waals surface area contributed by atoms with Crippen LogP contribution in [0.2, 0.25) is 0 Å². The van der Waals surface area contributed by atoms with Gasteiger partial charge in [0.15, 0.2) is 18.2 Å². The van der Waals surface area contributed by atoms with Crippen molar-refractivity contribution in [3.05, 3.63) is 77.1 Å². The number of nitrogens with zero attached hydrogens (tertiary/aromatic N) is 3. The minimum atomic E-state index is -1.70. The Morgan fingerprint density at radius 2 is 1.97 bits per heavy atom. The Bertz CT molecular complexity index is 1230. The molecule has 164 valence electrons. The number of carbonyl (C=O) groups excluding carboxylic acids is 2. The van der Waals surface area contributed by atoms with Gasteiger partial charge < -0.3 is 20.4 Å². The molecule has 2 aromatic heterocycles. The molecule has 1 amide bonds. The molecule has 1 spiro atoms. The maximum absolute atomic E-state index is 14.0. The van der Waals surface area contributed by atoms with E-state index in [1.807, 2.05) is 0 Å². The fourth-order valence-corrected chi connectivity index (χ4v) is 4.37. The summed E-state index contributed by atoms with van der Waals surface area (Å²) in [5.74, 6) is -1.47. The van der Waals surface area contributed by atoms with Crippen molar-refractivity contribution in [1.82, 2.24) is 9.78 Å². The highest BCUT2D eigenvalue weighted by Crippen LogP contribution is 2.48. The Hall–Kier alpha value is -3.79. The van der Waals surface area contributed by atoms with Gasteiger partial charge in [0.2, 0.25) is 0 Å². The molecule has 1 aliphatic heterocycles. The van der Waals surface area contributed by atoms with Crippen molar-refractivity contribution in [3.8, 4) is 5.69 Å². The van der Waals surface area contributed by atoms with Crippen LogP contribution in [-0.2, 0) is 15.1 Å². The van der Waals surface area contributed by atoms with Gasteiger partial charge in [0.25, 0.3) is 5.91 Å². The lowest BCUT2D eigenvalue weighted by Crippen LogP contribution is -2.49. The van der Waals surface area contributed by atoms with Gasteiger partial charge in [-0.15, -0.1) is 5.10 Å². The fourth-order valence-electron chi connectivity index (χ4n) is 4.37. The molecular weight excluding hydrogens is 419 g/mol. The zero-order chi connectivity index (χ0) is 22.5. The van der Waals surface area contributed by atoms with E-state index < -0.39 is 28.9 Å². The standard InChI is InChI=1S/C22H19FN4O5/c23-16-3-1-2-4-17(16)27-12-6-18(25-27)24-20(29)21(30)7-9-22(10-8-21)15-13-26(31)11-5-14(15)19(28)32-22/h1-6,11-13,30H,7-10H2,(H,24,25,29). The molecule has 5 rings (SSSR count). The summed E-state index contributed by atoms with van der Waals surface area (Å²) < 4.78 is 21.4. The molecule has 0 bridgehead atoms. The largest absolute Gasteiger partial charge is 0.619 e. The molecule has 32 heavy (non-hydrogen) atoms. The van der Waals surface area contributed by atoms with Gasteiger partial charge in [-0.2, -0.15) is 4.73 Å². The Morgan fingerprint density at radius 1 is 1.22 bits per heavy atom. The van der Waals surface area contributed by atoms with E-state index >= 15 is 0 Å². The van der Waals surface area contributed by atoms with Crippen molar-refractivity contribution < 1.29 is 28.6 Å². The SMILES string of the molecule is O=C1OC2(CCC(O)(C(=O)Nc3ccn(-c4ccccc4F)n3)CC2)c2c[n+]([O-])ccc21. The fraction of sp³-hybridized carbons (Fsp3) is 0.273. The lowest BCUT2D eigenvalue weighted by atomic mass is 9.73. The average molecular weight is 438 g/mol. The van der Waals surface area contributed by atoms with Crippen molar-refractivity contribution in [2.24, 2.45) is 0 Å². The van der Waals surface area contributed by atoms with Crippen LogP contribution >= 0.6 is 0 Å². The van der Waals surface area contributed by atoms with E-state index in [0.29, 0.717) is 15.9 Å². The number of halogens is 1. The van der Waals surface area contributed by atoms with Gasteiger partial charge in [0, 0.05) is 18.3 Å². The van der Waals surface area contributed by atoms with E-state index in [0.717, 1.165) is 0 Å². The first-order valence-corrected chi connectivity index (χ1v) is 10.1. The Morgan fingerprint density at radius 3 is 2.72 bits per heavy atom. The van der Waals surface area contributed by atoms with Crippen LogP contribution in [0.4, 0.5) is 10.2 Å². The van der Waals surface area contributed by atoms with Crippen LogP contribution in [0.5, 0.6) is 0 Å². The minimum absolute atomic E-state index is 0.0212. The number of amides is 1. The monoisotopic (exact) mass is 438 g/mol. The number of esters is 1. The first kappa shape index (κ1) is 20.1. The highest BCUT2D eigenvalue weighted by Gasteiger charge is 2.54. The molecule has 0 atom stereocenters. The first-order valence-electron chi connectivity index (χ1n) is 10.1. The predicted octanol–water partition coefficient (Wildman–Crippen LogP) is 1.95. The van der Waals surface area contributed by atoms with E-state index in [2.05, 4.69) is 10.4 Å². The van der Waals surface area contributed by atoms with Gasteiger partial charge in [-0.25, -0.2) is 13.9 Å². The van der Waals surface area contributed by atoms with Crippen LogP contribution in [0.25, 0.3) is 5.69 Å². The van der Waals surface area contributed by atoms with Gasteiger partial charge in [-0.3, -0.25) is 4.79 Å². The third kappa shape index (κ3) is 3.19. The zero-order valence-corrected chi connectivity index (χ0v) is 16.8. The first-order chi connectivity index (χ1) is 15.3. The Balaban J connectivity index is 1.31. The molecular formula is C22H19FN4O5. The van der Waals surface area contributed by atoms with E-state index in [-0.39, 0.29) is 37.2 Å². The second kappa shape index (κ2) is 7.13. The number of aliphatic hydroxyl groups is 1. The molecule has 3 aromatic rings. The maximum Gasteiger partial charge on any atom is 0.339 e. The molecule has 1 saturated carbocycles. The van der Waals surface area contributed by atoms with Crippen molar-refractivity contribution in [1.29, 1.82) is 0 Å². The van der Waals surface area contributed by atoms with E-state index in [9.17, 15) is 24.3 Å². The van der Waals surface area contributed by atoms with Crippen LogP contribution in [-0.4, -0.2) is 32.4 Å². The number of hydrogen-bond acceptors (Lipinski definition) is 6. The number of carbonyl (C=O) groups is 2. The van der Waals surface area contributed by atoms with Gasteiger partial charge in [-0.05, 0) is 37.8 Å². The second-order valence-electron chi connectivity index (χ2n) is 8.10. The van der Waals surface area contributed by atoms with Gasteiger partial charge >= 0.3 is 5.97 Å². The lowest BCUT2D eigenvalue weighted by Gasteiger charge is -2.39. The summed E-state index contributed by atoms with van der Waals surface area (Å²) in [7, 11) is 0. The van der Waals surface area contributed by atoms with E-state index in [1.165, 1.54) is 41.5 Å². The third-order valence-electron chi connectivity index (χ3n) is 6.17. The van der Waals surface area contributed by atoms with Crippen LogP contribution < -0.4 is 10.0 Å². The molecule has 10 heteroatoms. The molecule has 0 saturated heterocycles. The van der Waals surface area contributed by atoms with Gasteiger partial charge in [0.1, 0.15) is 22.7 Å². The second-order valence-corrected chi connectivity index (χ2v) is 8.10. The van der Waals surface area contributed by atoms with Crippen LogP contribution in [0.1, 0.15) is 41.6 Å². The molecule has 9 nitrogen and oxygen atoms in total. The highest BCUT2D eigenvalue weighted by atomic mass is 19.1. The van der Waals surface area contributed by atoms with Gasteiger partial charge in [0.05, 0.1) is 11.1 Å². The zero-order valence-electron chi connectivity index (χ0n) is 16.8. The van der Waals surface area contributed by atoms with Crippen LogP contribution in [0.3, 0.4) is 0 Å². The van der Waals surface area contributed by atoms with Crippen LogP contribution in [0.15, 0.2) is 55.0 Å². The Labute approximate surface area is 181 Å². The number of ether oxygens (including phenoxy) is 1. The number of aromatic nitrogens is 3. The highest BCUT2D eigenvalue weighted by molar-refractivity contribution is 5.97. The molecule has 1 aliphatic carbocycles. The normalized spacial score (nSPS) is 24.2. The Kier molecular flexibility index (Phi) is 4.48. The summed E-state index contributed by atoms with van der Waals surface area (Å²) in [5.41, 5.74) is -1.70. The molecule has 1 fully saturated rings. The predicted molar refractivity (Wildman–Crippen MR) is 108 cm³/mol. The van der Waals surface area contributed by atoms with Crippen molar-refractivity contribution in [2.45, 2.75) is 36.9 Å².